The molecule has 2 aliphatic rings. The maximum Gasteiger partial charge on any atom is 0.0704 e. The molecule has 0 aliphatic heterocycles. The zero-order chi connectivity index (χ0) is 13.2. The molecule has 1 heterocycles. The number of halogens is 1. The van der Waals surface area contributed by atoms with Gasteiger partial charge in [0.15, 0.2) is 0 Å². The van der Waals surface area contributed by atoms with Crippen LogP contribution in [0.25, 0.3) is 0 Å². The van der Waals surface area contributed by atoms with Gasteiger partial charge in [-0.3, -0.25) is 0 Å². The Hall–Kier alpha value is 0.140. The largest absolute Gasteiger partial charge is 0.310 e. The summed E-state index contributed by atoms with van der Waals surface area (Å²) >= 11 is 5.58. The number of aryl methyl sites for hydroxylation is 1. The van der Waals surface area contributed by atoms with E-state index in [0.717, 1.165) is 11.8 Å². The normalized spacial score (nSPS) is 31.2. The van der Waals surface area contributed by atoms with E-state index in [1.54, 1.807) is 10.4 Å². The van der Waals surface area contributed by atoms with Gasteiger partial charge in [-0.25, -0.2) is 0 Å². The minimum absolute atomic E-state index is 0.614. The van der Waals surface area contributed by atoms with E-state index in [9.17, 15) is 0 Å². The predicted molar refractivity (Wildman–Crippen MR) is 86.8 cm³/mol. The molecule has 106 valence electrons. The van der Waals surface area contributed by atoms with E-state index in [-0.39, 0.29) is 0 Å². The zero-order valence-electron chi connectivity index (χ0n) is 11.8. The quantitative estimate of drug-likeness (QED) is 0.785. The van der Waals surface area contributed by atoms with Gasteiger partial charge in [0.1, 0.15) is 0 Å². The molecule has 3 unspecified atom stereocenters. The molecule has 3 atom stereocenters. The van der Waals surface area contributed by atoms with Gasteiger partial charge >= 0.3 is 0 Å². The Morgan fingerprint density at radius 3 is 3.05 bits per heavy atom. The first-order valence-corrected chi connectivity index (χ1v) is 9.35. The first-order chi connectivity index (χ1) is 9.22. The van der Waals surface area contributed by atoms with Gasteiger partial charge in [-0.05, 0) is 78.0 Å². The summed E-state index contributed by atoms with van der Waals surface area (Å²) in [5, 5.41) is 3.87. The maximum absolute atomic E-state index is 3.87. The van der Waals surface area contributed by atoms with Crippen molar-refractivity contribution in [2.45, 2.75) is 57.9 Å². The van der Waals surface area contributed by atoms with Gasteiger partial charge in [-0.2, -0.15) is 0 Å². The van der Waals surface area contributed by atoms with E-state index in [0.29, 0.717) is 6.04 Å². The minimum Gasteiger partial charge on any atom is -0.310 e. The van der Waals surface area contributed by atoms with Crippen LogP contribution < -0.4 is 5.32 Å². The second kappa shape index (κ2) is 6.28. The van der Waals surface area contributed by atoms with Crippen LogP contribution >= 0.6 is 27.3 Å². The molecule has 1 nitrogen and oxygen atoms in total. The van der Waals surface area contributed by atoms with Crippen LogP contribution in [-0.2, 0) is 6.42 Å². The molecule has 0 spiro atoms. The second-order valence-electron chi connectivity index (χ2n) is 6.42. The van der Waals surface area contributed by atoms with E-state index in [2.05, 4.69) is 34.2 Å². The Morgan fingerprint density at radius 1 is 1.32 bits per heavy atom. The average Bonchev–Trinajstić information content (AvgIpc) is 2.77. The molecule has 1 saturated carbocycles. The third-order valence-corrected chi connectivity index (χ3v) is 6.50. The molecule has 0 saturated heterocycles. The van der Waals surface area contributed by atoms with Crippen LogP contribution in [0.2, 0.25) is 0 Å². The standard InChI is InChI=1S/C16H24BrNS/c1-11-4-2-5-12(8-11)10-18-14-6-3-7-15-13(14)9-16(17)19-15/h9,11-12,14,18H,2-8,10H2,1H3. The lowest BCUT2D eigenvalue weighted by atomic mass is 9.82. The fourth-order valence-corrected chi connectivity index (χ4v) is 5.61. The highest BCUT2D eigenvalue weighted by Crippen LogP contribution is 2.38. The lowest BCUT2D eigenvalue weighted by Gasteiger charge is -2.30. The van der Waals surface area contributed by atoms with Gasteiger partial charge < -0.3 is 5.32 Å². The van der Waals surface area contributed by atoms with E-state index < -0.39 is 0 Å². The predicted octanol–water partition coefficient (Wildman–Crippen LogP) is 5.30. The molecule has 3 rings (SSSR count). The Balaban J connectivity index is 1.58. The third-order valence-electron chi connectivity index (χ3n) is 4.78. The Labute approximate surface area is 129 Å². The van der Waals surface area contributed by atoms with Gasteiger partial charge in [0.05, 0.1) is 3.79 Å². The lowest BCUT2D eigenvalue weighted by molar-refractivity contribution is 0.263. The Morgan fingerprint density at radius 2 is 2.21 bits per heavy atom. The van der Waals surface area contributed by atoms with Crippen molar-refractivity contribution in [1.29, 1.82) is 0 Å². The van der Waals surface area contributed by atoms with Crippen molar-refractivity contribution in [3.8, 4) is 0 Å². The second-order valence-corrected chi connectivity index (χ2v) is 8.94. The van der Waals surface area contributed by atoms with Gasteiger partial charge in [-0.1, -0.05) is 19.8 Å². The first kappa shape index (κ1) is 14.1. The third kappa shape index (κ3) is 3.43. The summed E-state index contributed by atoms with van der Waals surface area (Å²) in [4.78, 5) is 1.60. The Kier molecular flexibility index (Phi) is 4.66. The molecule has 1 fully saturated rings. The average molecular weight is 342 g/mol. The molecule has 3 heteroatoms. The van der Waals surface area contributed by atoms with Crippen LogP contribution in [0.15, 0.2) is 9.85 Å². The molecule has 0 radical (unpaired) electrons. The van der Waals surface area contributed by atoms with E-state index in [1.165, 1.54) is 55.3 Å². The summed E-state index contributed by atoms with van der Waals surface area (Å²) < 4.78 is 1.30. The molecule has 1 aromatic heterocycles. The van der Waals surface area contributed by atoms with Gasteiger partial charge in [-0.15, -0.1) is 11.3 Å². The molecule has 0 aromatic carbocycles. The molecule has 0 amide bonds. The molecule has 0 bridgehead atoms. The van der Waals surface area contributed by atoms with Crippen molar-refractivity contribution in [3.63, 3.8) is 0 Å². The number of hydrogen-bond acceptors (Lipinski definition) is 2. The number of thiophene rings is 1. The summed E-state index contributed by atoms with van der Waals surface area (Å²) in [5.41, 5.74) is 1.58. The smallest absolute Gasteiger partial charge is 0.0704 e. The van der Waals surface area contributed by atoms with Gasteiger partial charge in [0, 0.05) is 10.9 Å². The molecule has 19 heavy (non-hydrogen) atoms. The van der Waals surface area contributed by atoms with Crippen molar-refractivity contribution in [1.82, 2.24) is 5.32 Å². The lowest BCUT2D eigenvalue weighted by Crippen LogP contribution is -2.31. The van der Waals surface area contributed by atoms with E-state index in [4.69, 9.17) is 0 Å². The Bertz CT molecular complexity index is 428. The number of nitrogens with one attached hydrogen (secondary N) is 1. The van der Waals surface area contributed by atoms with Crippen molar-refractivity contribution < 1.29 is 0 Å². The van der Waals surface area contributed by atoms with Crippen LogP contribution in [0.1, 0.15) is 61.9 Å². The highest BCUT2D eigenvalue weighted by Gasteiger charge is 2.24. The fourth-order valence-electron chi connectivity index (χ4n) is 3.79. The molecule has 1 N–H and O–H groups in total. The number of hydrogen-bond donors (Lipinski definition) is 1. The molecular formula is C16H24BrNS. The van der Waals surface area contributed by atoms with Crippen molar-refractivity contribution in [2.24, 2.45) is 11.8 Å². The zero-order valence-corrected chi connectivity index (χ0v) is 14.2. The van der Waals surface area contributed by atoms with Crippen LogP contribution in [0.5, 0.6) is 0 Å². The number of rotatable bonds is 3. The van der Waals surface area contributed by atoms with E-state index >= 15 is 0 Å². The van der Waals surface area contributed by atoms with Crippen LogP contribution in [0, 0.1) is 11.8 Å². The molecule has 2 aliphatic carbocycles. The first-order valence-electron chi connectivity index (χ1n) is 7.74. The summed E-state index contributed by atoms with van der Waals surface area (Å²) in [6, 6.07) is 2.96. The van der Waals surface area contributed by atoms with Crippen LogP contribution in [-0.4, -0.2) is 6.54 Å². The summed E-state index contributed by atoms with van der Waals surface area (Å²) in [5.74, 6) is 1.86. The maximum atomic E-state index is 3.87. The topological polar surface area (TPSA) is 12.0 Å². The van der Waals surface area contributed by atoms with Crippen LogP contribution in [0.4, 0.5) is 0 Å². The molecular weight excluding hydrogens is 318 g/mol. The van der Waals surface area contributed by atoms with Crippen LogP contribution in [0.3, 0.4) is 0 Å². The van der Waals surface area contributed by atoms with Crippen molar-refractivity contribution >= 4 is 27.3 Å². The minimum atomic E-state index is 0.614. The number of fused-ring (bicyclic) bond motifs is 1. The summed E-state index contributed by atoms with van der Waals surface area (Å²) in [6.07, 6.45) is 9.69. The van der Waals surface area contributed by atoms with E-state index in [1.807, 2.05) is 11.3 Å². The fraction of sp³-hybridized carbons (Fsp3) is 0.750. The SMILES string of the molecule is CC1CCCC(CNC2CCCc3sc(Br)cc32)C1. The van der Waals surface area contributed by atoms with Gasteiger partial charge in [0.2, 0.25) is 0 Å². The summed E-state index contributed by atoms with van der Waals surface area (Å²) in [7, 11) is 0. The summed E-state index contributed by atoms with van der Waals surface area (Å²) in [6.45, 7) is 3.64. The monoisotopic (exact) mass is 341 g/mol. The van der Waals surface area contributed by atoms with Crippen molar-refractivity contribution in [3.05, 3.63) is 20.3 Å². The van der Waals surface area contributed by atoms with Gasteiger partial charge in [0.25, 0.3) is 0 Å². The van der Waals surface area contributed by atoms with Crippen molar-refractivity contribution in [2.75, 3.05) is 6.54 Å². The highest BCUT2D eigenvalue weighted by atomic mass is 79.9. The highest BCUT2D eigenvalue weighted by molar-refractivity contribution is 9.11. The molecule has 1 aromatic rings.